The van der Waals surface area contributed by atoms with E-state index in [0.717, 1.165) is 19.3 Å². The van der Waals surface area contributed by atoms with Crippen LogP contribution in [0.2, 0.25) is 0 Å². The number of nitrogens with one attached hydrogen (secondary N) is 3. The predicted octanol–water partition coefficient (Wildman–Crippen LogP) is 1.08. The quantitative estimate of drug-likeness (QED) is 0.613. The molecule has 22 heavy (non-hydrogen) atoms. The lowest BCUT2D eigenvalue weighted by Crippen LogP contribution is -2.41. The Morgan fingerprint density at radius 3 is 2.36 bits per heavy atom. The van der Waals surface area contributed by atoms with Crippen LogP contribution in [0.3, 0.4) is 0 Å². The minimum absolute atomic E-state index is 0.0617. The van der Waals surface area contributed by atoms with Gasteiger partial charge in [-0.1, -0.05) is 0 Å². The number of rotatable bonds is 7. The van der Waals surface area contributed by atoms with E-state index < -0.39 is 11.7 Å². The van der Waals surface area contributed by atoms with Crippen molar-refractivity contribution in [1.82, 2.24) is 16.0 Å². The Labute approximate surface area is 131 Å². The number of alkyl carbamates (subject to hydrolysis) is 1. The van der Waals surface area contributed by atoms with Crippen LogP contribution in [-0.2, 0) is 14.3 Å². The first-order chi connectivity index (χ1) is 10.3. The van der Waals surface area contributed by atoms with Crippen molar-refractivity contribution in [3.8, 4) is 0 Å². The highest BCUT2D eigenvalue weighted by Crippen LogP contribution is 2.07. The maximum atomic E-state index is 11.7. The summed E-state index contributed by atoms with van der Waals surface area (Å²) < 4.78 is 5.12. The second-order valence-electron chi connectivity index (χ2n) is 6.44. The second kappa shape index (κ2) is 8.60. The summed E-state index contributed by atoms with van der Waals surface area (Å²) in [5.74, 6) is -0.175. The smallest absolute Gasteiger partial charge is 0.407 e. The van der Waals surface area contributed by atoms with Crippen molar-refractivity contribution in [2.24, 2.45) is 0 Å². The summed E-state index contributed by atoms with van der Waals surface area (Å²) in [5, 5.41) is 8.14. The van der Waals surface area contributed by atoms with Crippen molar-refractivity contribution in [3.05, 3.63) is 0 Å². The van der Waals surface area contributed by atoms with Crippen LogP contribution in [0.1, 0.15) is 52.9 Å². The molecule has 0 saturated carbocycles. The highest BCUT2D eigenvalue weighted by molar-refractivity contribution is 5.90. The summed E-state index contributed by atoms with van der Waals surface area (Å²) in [5.41, 5.74) is -0.482. The molecule has 0 radical (unpaired) electrons. The van der Waals surface area contributed by atoms with Gasteiger partial charge in [-0.15, -0.1) is 0 Å². The Hall–Kier alpha value is -1.79. The van der Waals surface area contributed by atoms with Gasteiger partial charge < -0.3 is 20.7 Å². The van der Waals surface area contributed by atoms with E-state index in [1.165, 1.54) is 0 Å². The van der Waals surface area contributed by atoms with Crippen LogP contribution in [0.4, 0.5) is 4.79 Å². The van der Waals surface area contributed by atoms with Crippen molar-refractivity contribution in [1.29, 1.82) is 0 Å². The number of hydrogen-bond donors (Lipinski definition) is 3. The van der Waals surface area contributed by atoms with E-state index in [4.69, 9.17) is 4.74 Å². The van der Waals surface area contributed by atoms with Crippen LogP contribution in [0.25, 0.3) is 0 Å². The van der Waals surface area contributed by atoms with E-state index >= 15 is 0 Å². The zero-order valence-corrected chi connectivity index (χ0v) is 13.7. The van der Waals surface area contributed by atoms with E-state index in [-0.39, 0.29) is 17.9 Å². The van der Waals surface area contributed by atoms with Crippen LogP contribution in [0.15, 0.2) is 0 Å². The highest BCUT2D eigenvalue weighted by Gasteiger charge is 2.26. The van der Waals surface area contributed by atoms with Crippen molar-refractivity contribution < 1.29 is 19.1 Å². The molecule has 0 aromatic rings. The van der Waals surface area contributed by atoms with Crippen molar-refractivity contribution in [2.45, 2.75) is 64.5 Å². The third kappa shape index (κ3) is 7.85. The lowest BCUT2D eigenvalue weighted by molar-refractivity contribution is -0.125. The Bertz CT molecular complexity index is 404. The molecule has 0 unspecified atom stereocenters. The fourth-order valence-corrected chi connectivity index (χ4v) is 2.08. The topological polar surface area (TPSA) is 96.5 Å². The van der Waals surface area contributed by atoms with E-state index in [1.54, 1.807) is 0 Å². The zero-order chi connectivity index (χ0) is 16.6. The SMILES string of the molecule is CC(C)(C)OC(=O)NCCCCCNC(=O)[C@H]1CCC(=O)N1. The minimum Gasteiger partial charge on any atom is -0.444 e. The maximum Gasteiger partial charge on any atom is 0.407 e. The molecule has 0 spiro atoms. The van der Waals surface area contributed by atoms with E-state index in [0.29, 0.717) is 25.9 Å². The Kier molecular flexibility index (Phi) is 7.14. The fraction of sp³-hybridized carbons (Fsp3) is 0.800. The lowest BCUT2D eigenvalue weighted by Gasteiger charge is -2.19. The van der Waals surface area contributed by atoms with E-state index in [2.05, 4.69) is 16.0 Å². The average Bonchev–Trinajstić information content (AvgIpc) is 2.82. The molecule has 7 heteroatoms. The number of carbonyl (C=O) groups excluding carboxylic acids is 3. The van der Waals surface area contributed by atoms with Gasteiger partial charge in [0.15, 0.2) is 0 Å². The predicted molar refractivity (Wildman–Crippen MR) is 82.3 cm³/mol. The summed E-state index contributed by atoms with van der Waals surface area (Å²) >= 11 is 0. The molecule has 3 N–H and O–H groups in total. The van der Waals surface area contributed by atoms with Crippen LogP contribution >= 0.6 is 0 Å². The summed E-state index contributed by atoms with van der Waals surface area (Å²) in [6.07, 6.45) is 3.15. The molecule has 3 amide bonds. The van der Waals surface area contributed by atoms with Gasteiger partial charge in [-0.2, -0.15) is 0 Å². The molecular weight excluding hydrogens is 286 g/mol. The van der Waals surface area contributed by atoms with Crippen LogP contribution < -0.4 is 16.0 Å². The van der Waals surface area contributed by atoms with Crippen LogP contribution in [0, 0.1) is 0 Å². The molecule has 7 nitrogen and oxygen atoms in total. The maximum absolute atomic E-state index is 11.7. The van der Waals surface area contributed by atoms with Gasteiger partial charge in [0.1, 0.15) is 11.6 Å². The molecule has 1 saturated heterocycles. The third-order valence-corrected chi connectivity index (χ3v) is 3.13. The van der Waals surface area contributed by atoms with Gasteiger partial charge in [0, 0.05) is 19.5 Å². The molecule has 0 aromatic carbocycles. The number of ether oxygens (including phenoxy) is 1. The monoisotopic (exact) mass is 313 g/mol. The van der Waals surface area contributed by atoms with Crippen LogP contribution in [-0.4, -0.2) is 42.6 Å². The van der Waals surface area contributed by atoms with Gasteiger partial charge in [-0.05, 0) is 46.5 Å². The van der Waals surface area contributed by atoms with Gasteiger partial charge in [-0.3, -0.25) is 9.59 Å². The molecular formula is C15H27N3O4. The van der Waals surface area contributed by atoms with Gasteiger partial charge in [-0.25, -0.2) is 4.79 Å². The third-order valence-electron chi connectivity index (χ3n) is 3.13. The van der Waals surface area contributed by atoms with E-state index in [9.17, 15) is 14.4 Å². The molecule has 1 aliphatic rings. The average molecular weight is 313 g/mol. The molecule has 0 aliphatic carbocycles. The number of amides is 3. The van der Waals surface area contributed by atoms with Crippen molar-refractivity contribution >= 4 is 17.9 Å². The fourth-order valence-electron chi connectivity index (χ4n) is 2.08. The van der Waals surface area contributed by atoms with E-state index in [1.807, 2.05) is 20.8 Å². The molecule has 1 atom stereocenters. The first kappa shape index (κ1) is 18.3. The number of hydrogen-bond acceptors (Lipinski definition) is 4. The number of unbranched alkanes of at least 4 members (excludes halogenated alkanes) is 2. The largest absolute Gasteiger partial charge is 0.444 e. The van der Waals surface area contributed by atoms with Gasteiger partial charge in [0.2, 0.25) is 11.8 Å². The highest BCUT2D eigenvalue weighted by atomic mass is 16.6. The summed E-state index contributed by atoms with van der Waals surface area (Å²) in [6.45, 7) is 6.60. The summed E-state index contributed by atoms with van der Waals surface area (Å²) in [6, 6.07) is -0.374. The Morgan fingerprint density at radius 2 is 1.82 bits per heavy atom. The summed E-state index contributed by atoms with van der Waals surface area (Å²) in [4.78, 5) is 34.1. The Balaban J connectivity index is 1.96. The first-order valence-corrected chi connectivity index (χ1v) is 7.82. The first-order valence-electron chi connectivity index (χ1n) is 7.82. The van der Waals surface area contributed by atoms with Gasteiger partial charge >= 0.3 is 6.09 Å². The second-order valence-corrected chi connectivity index (χ2v) is 6.44. The van der Waals surface area contributed by atoms with Crippen molar-refractivity contribution in [2.75, 3.05) is 13.1 Å². The lowest BCUT2D eigenvalue weighted by atomic mass is 10.2. The minimum atomic E-state index is -0.482. The standard InChI is InChI=1S/C15H27N3O4/c1-15(2,3)22-14(21)17-10-6-4-5-9-16-13(20)11-7-8-12(19)18-11/h11H,4-10H2,1-3H3,(H,16,20)(H,17,21)(H,18,19)/t11-/m1/s1. The van der Waals surface area contributed by atoms with Crippen LogP contribution in [0.5, 0.6) is 0 Å². The molecule has 1 heterocycles. The molecule has 1 fully saturated rings. The van der Waals surface area contributed by atoms with Gasteiger partial charge in [0.05, 0.1) is 0 Å². The van der Waals surface area contributed by atoms with Crippen molar-refractivity contribution in [3.63, 3.8) is 0 Å². The molecule has 0 aromatic heterocycles. The number of carbonyl (C=O) groups is 3. The molecule has 1 rings (SSSR count). The summed E-state index contributed by atoms with van der Waals surface area (Å²) in [7, 11) is 0. The van der Waals surface area contributed by atoms with Gasteiger partial charge in [0.25, 0.3) is 0 Å². The molecule has 126 valence electrons. The molecule has 0 bridgehead atoms. The normalized spacial score (nSPS) is 17.8. The Morgan fingerprint density at radius 1 is 1.18 bits per heavy atom. The zero-order valence-electron chi connectivity index (χ0n) is 13.7. The molecule has 1 aliphatic heterocycles.